The molecule has 2 aromatic rings. The number of hydrogen-bond acceptors (Lipinski definition) is 7. The van der Waals surface area contributed by atoms with Crippen molar-refractivity contribution in [3.8, 4) is 11.3 Å². The number of carbonyl (C=O) groups excluding carboxylic acids is 1. The van der Waals surface area contributed by atoms with Gasteiger partial charge in [-0.05, 0) is 6.07 Å². The highest BCUT2D eigenvalue weighted by Crippen LogP contribution is 2.30. The minimum Gasteiger partial charge on any atom is -0.379 e. The van der Waals surface area contributed by atoms with Crippen LogP contribution in [0.3, 0.4) is 0 Å². The van der Waals surface area contributed by atoms with Crippen LogP contribution in [-0.4, -0.2) is 60.1 Å². The Morgan fingerprint density at radius 1 is 1.36 bits per heavy atom. The minimum absolute atomic E-state index is 0.0212. The summed E-state index contributed by atoms with van der Waals surface area (Å²) >= 11 is 1.18. The van der Waals surface area contributed by atoms with Crippen LogP contribution < -0.4 is 5.32 Å². The molecular formula is C16H18N4O4S. The summed E-state index contributed by atoms with van der Waals surface area (Å²) < 4.78 is 5.28. The molecule has 25 heavy (non-hydrogen) atoms. The van der Waals surface area contributed by atoms with Gasteiger partial charge in [0.1, 0.15) is 0 Å². The van der Waals surface area contributed by atoms with E-state index in [2.05, 4.69) is 15.2 Å². The maximum Gasteiger partial charge on any atom is 0.280 e. The van der Waals surface area contributed by atoms with E-state index in [0.717, 1.165) is 32.8 Å². The molecule has 8 nitrogen and oxygen atoms in total. The van der Waals surface area contributed by atoms with E-state index in [4.69, 9.17) is 4.74 Å². The van der Waals surface area contributed by atoms with Crippen molar-refractivity contribution in [2.75, 3.05) is 39.4 Å². The van der Waals surface area contributed by atoms with E-state index in [1.54, 1.807) is 23.6 Å². The molecule has 0 atom stereocenters. The Labute approximate surface area is 148 Å². The Morgan fingerprint density at radius 2 is 2.12 bits per heavy atom. The van der Waals surface area contributed by atoms with Crippen molar-refractivity contribution in [3.63, 3.8) is 0 Å². The van der Waals surface area contributed by atoms with Crippen molar-refractivity contribution in [2.24, 2.45) is 0 Å². The van der Waals surface area contributed by atoms with Gasteiger partial charge in [0, 0.05) is 37.6 Å². The number of rotatable bonds is 6. The molecule has 1 aromatic carbocycles. The van der Waals surface area contributed by atoms with E-state index in [0.29, 0.717) is 22.8 Å². The lowest BCUT2D eigenvalue weighted by molar-refractivity contribution is -0.384. The Hall–Kier alpha value is -2.36. The molecular weight excluding hydrogens is 344 g/mol. The molecule has 1 aromatic heterocycles. The van der Waals surface area contributed by atoms with Gasteiger partial charge in [-0.1, -0.05) is 12.1 Å². The summed E-state index contributed by atoms with van der Waals surface area (Å²) in [6.07, 6.45) is 0. The van der Waals surface area contributed by atoms with Crippen molar-refractivity contribution in [2.45, 2.75) is 0 Å². The van der Waals surface area contributed by atoms with E-state index in [9.17, 15) is 14.9 Å². The number of nitro benzene ring substituents is 1. The number of amides is 1. The Kier molecular flexibility index (Phi) is 5.69. The fourth-order valence-corrected chi connectivity index (χ4v) is 3.31. The van der Waals surface area contributed by atoms with Crippen molar-refractivity contribution in [1.82, 2.24) is 15.2 Å². The number of thiazole rings is 1. The number of benzene rings is 1. The van der Waals surface area contributed by atoms with Gasteiger partial charge in [-0.2, -0.15) is 0 Å². The predicted octanol–water partition coefficient (Wildman–Crippen LogP) is 1.78. The summed E-state index contributed by atoms with van der Waals surface area (Å²) in [7, 11) is 0. The highest BCUT2D eigenvalue weighted by atomic mass is 32.1. The fourth-order valence-electron chi connectivity index (χ4n) is 2.58. The first-order valence-corrected chi connectivity index (χ1v) is 8.81. The lowest BCUT2D eigenvalue weighted by Crippen LogP contribution is -2.41. The van der Waals surface area contributed by atoms with Crippen LogP contribution in [0.1, 0.15) is 9.80 Å². The van der Waals surface area contributed by atoms with Crippen LogP contribution in [0.4, 0.5) is 5.69 Å². The van der Waals surface area contributed by atoms with Gasteiger partial charge in [-0.25, -0.2) is 4.98 Å². The summed E-state index contributed by atoms with van der Waals surface area (Å²) in [5.74, 6) is -0.261. The minimum atomic E-state index is -0.448. The molecule has 0 spiro atoms. The van der Waals surface area contributed by atoms with E-state index in [1.165, 1.54) is 17.4 Å². The smallest absolute Gasteiger partial charge is 0.280 e. The zero-order valence-electron chi connectivity index (χ0n) is 13.5. The zero-order chi connectivity index (χ0) is 17.6. The Bertz CT molecular complexity index is 758. The quantitative estimate of drug-likeness (QED) is 0.621. The number of hydrogen-bond donors (Lipinski definition) is 1. The normalized spacial score (nSPS) is 15.0. The molecule has 1 fully saturated rings. The predicted molar refractivity (Wildman–Crippen MR) is 93.8 cm³/mol. The number of nitrogens with one attached hydrogen (secondary N) is 1. The molecule has 1 aliphatic heterocycles. The molecule has 1 aliphatic rings. The molecule has 0 bridgehead atoms. The first-order chi connectivity index (χ1) is 12.1. The third-order valence-corrected chi connectivity index (χ3v) is 4.73. The summed E-state index contributed by atoms with van der Waals surface area (Å²) in [6.45, 7) is 4.47. The molecule has 2 heterocycles. The second kappa shape index (κ2) is 8.15. The first-order valence-electron chi connectivity index (χ1n) is 7.93. The van der Waals surface area contributed by atoms with Crippen LogP contribution in [-0.2, 0) is 4.74 Å². The molecule has 1 amide bonds. The van der Waals surface area contributed by atoms with Gasteiger partial charge in [0.25, 0.3) is 11.6 Å². The fraction of sp³-hybridized carbons (Fsp3) is 0.375. The van der Waals surface area contributed by atoms with Crippen LogP contribution >= 0.6 is 11.3 Å². The van der Waals surface area contributed by atoms with Gasteiger partial charge in [-0.3, -0.25) is 19.8 Å². The highest BCUT2D eigenvalue weighted by Gasteiger charge is 2.19. The van der Waals surface area contributed by atoms with E-state index >= 15 is 0 Å². The van der Waals surface area contributed by atoms with Crippen molar-refractivity contribution in [3.05, 3.63) is 44.8 Å². The van der Waals surface area contributed by atoms with Crippen LogP contribution in [0, 0.1) is 10.1 Å². The number of carbonyl (C=O) groups is 1. The topological polar surface area (TPSA) is 97.6 Å². The summed E-state index contributed by atoms with van der Waals surface area (Å²) in [5, 5.41) is 15.9. The molecule has 1 saturated heterocycles. The summed E-state index contributed by atoms with van der Waals surface area (Å²) in [4.78, 5) is 29.4. The lowest BCUT2D eigenvalue weighted by Gasteiger charge is -2.26. The van der Waals surface area contributed by atoms with E-state index < -0.39 is 4.92 Å². The van der Waals surface area contributed by atoms with E-state index in [-0.39, 0.29) is 11.6 Å². The molecule has 0 unspecified atom stereocenters. The average molecular weight is 362 g/mol. The molecule has 3 rings (SSSR count). The van der Waals surface area contributed by atoms with Crippen LogP contribution in [0.15, 0.2) is 29.6 Å². The molecule has 0 saturated carbocycles. The Balaban J connectivity index is 1.61. The SMILES string of the molecule is O=C(NCCN1CCOCC1)c1nc(-c2ccccc2[N+](=O)[O-])cs1. The number of ether oxygens (including phenoxy) is 1. The van der Waals surface area contributed by atoms with Crippen LogP contribution in [0.2, 0.25) is 0 Å². The Morgan fingerprint density at radius 3 is 2.88 bits per heavy atom. The molecule has 9 heteroatoms. The van der Waals surface area contributed by atoms with Crippen molar-refractivity contribution in [1.29, 1.82) is 0 Å². The van der Waals surface area contributed by atoms with Gasteiger partial charge in [0.05, 0.1) is 29.4 Å². The van der Waals surface area contributed by atoms with Crippen LogP contribution in [0.5, 0.6) is 0 Å². The van der Waals surface area contributed by atoms with E-state index in [1.807, 2.05) is 0 Å². The van der Waals surface area contributed by atoms with Crippen molar-refractivity contribution >= 4 is 22.9 Å². The molecule has 0 radical (unpaired) electrons. The van der Waals surface area contributed by atoms with Gasteiger partial charge in [0.2, 0.25) is 0 Å². The number of aromatic nitrogens is 1. The number of para-hydroxylation sites is 1. The van der Waals surface area contributed by atoms with Crippen LogP contribution in [0.25, 0.3) is 11.3 Å². The standard InChI is InChI=1S/C16H18N4O4S/c21-15(17-5-6-19-7-9-24-10-8-19)16-18-13(11-25-16)12-3-1-2-4-14(12)20(22)23/h1-4,11H,5-10H2,(H,17,21). The first kappa shape index (κ1) is 17.5. The number of nitro groups is 1. The lowest BCUT2D eigenvalue weighted by atomic mass is 10.1. The largest absolute Gasteiger partial charge is 0.379 e. The summed E-state index contributed by atoms with van der Waals surface area (Å²) in [5.41, 5.74) is 0.832. The zero-order valence-corrected chi connectivity index (χ0v) is 14.3. The second-order valence-corrected chi connectivity index (χ2v) is 6.38. The highest BCUT2D eigenvalue weighted by molar-refractivity contribution is 7.12. The third-order valence-electron chi connectivity index (χ3n) is 3.89. The molecule has 1 N–H and O–H groups in total. The van der Waals surface area contributed by atoms with Crippen molar-refractivity contribution < 1.29 is 14.5 Å². The second-order valence-electron chi connectivity index (χ2n) is 5.52. The summed E-state index contributed by atoms with van der Waals surface area (Å²) in [6, 6.07) is 6.38. The van der Waals surface area contributed by atoms with Gasteiger partial charge >= 0.3 is 0 Å². The van der Waals surface area contributed by atoms with Gasteiger partial charge in [-0.15, -0.1) is 11.3 Å². The average Bonchev–Trinajstić information content (AvgIpc) is 3.12. The third kappa shape index (κ3) is 4.38. The maximum atomic E-state index is 12.2. The molecule has 132 valence electrons. The number of morpholine rings is 1. The molecule has 0 aliphatic carbocycles. The monoisotopic (exact) mass is 362 g/mol. The van der Waals surface area contributed by atoms with Gasteiger partial charge in [0.15, 0.2) is 5.01 Å². The maximum absolute atomic E-state index is 12.2. The van der Waals surface area contributed by atoms with Gasteiger partial charge < -0.3 is 10.1 Å². The number of nitrogens with zero attached hydrogens (tertiary/aromatic N) is 3.